The maximum Gasteiger partial charge on any atom is 0.324 e. The lowest BCUT2D eigenvalue weighted by Crippen LogP contribution is -2.40. The lowest BCUT2D eigenvalue weighted by atomic mass is 10.0. The quantitative estimate of drug-likeness (QED) is 0.798. The van der Waals surface area contributed by atoms with Gasteiger partial charge in [0.05, 0.1) is 6.54 Å². The van der Waals surface area contributed by atoms with Gasteiger partial charge < -0.3 is 10.0 Å². The molecule has 0 bridgehead atoms. The number of carboxylic acids is 1. The summed E-state index contributed by atoms with van der Waals surface area (Å²) in [5.41, 5.74) is 0. The van der Waals surface area contributed by atoms with E-state index in [2.05, 4.69) is 21.2 Å². The molecule has 6 nitrogen and oxygen atoms in total. The van der Waals surface area contributed by atoms with Gasteiger partial charge in [-0.2, -0.15) is 0 Å². The molecule has 0 aliphatic heterocycles. The molecule has 1 aromatic heterocycles. The van der Waals surface area contributed by atoms with Gasteiger partial charge in [-0.05, 0) is 27.9 Å². The number of aliphatic carboxylic acids is 1. The van der Waals surface area contributed by atoms with Crippen molar-refractivity contribution in [2.24, 2.45) is 5.92 Å². The third kappa shape index (κ3) is 6.72. The molecule has 1 atom stereocenters. The van der Waals surface area contributed by atoms with Crippen molar-refractivity contribution in [1.82, 2.24) is 10.2 Å². The fourth-order valence-electron chi connectivity index (χ4n) is 1.69. The number of thiophene rings is 1. The number of carbonyl (C=O) groups excluding carboxylic acids is 2. The van der Waals surface area contributed by atoms with E-state index in [1.807, 2.05) is 11.4 Å². The number of urea groups is 1. The third-order valence-electron chi connectivity index (χ3n) is 2.66. The van der Waals surface area contributed by atoms with E-state index in [9.17, 15) is 14.4 Å². The number of hydrogen-bond acceptors (Lipinski definition) is 4. The van der Waals surface area contributed by atoms with Crippen LogP contribution in [0.4, 0.5) is 4.79 Å². The van der Waals surface area contributed by atoms with Crippen LogP contribution in [0.3, 0.4) is 0 Å². The summed E-state index contributed by atoms with van der Waals surface area (Å²) in [7, 11) is 1.59. The Labute approximate surface area is 135 Å². The summed E-state index contributed by atoms with van der Waals surface area (Å²) >= 11 is 4.85. The zero-order chi connectivity index (χ0) is 16.0. The van der Waals surface area contributed by atoms with Gasteiger partial charge in [-0.15, -0.1) is 11.3 Å². The average Bonchev–Trinajstić information content (AvgIpc) is 2.72. The average molecular weight is 377 g/mol. The monoisotopic (exact) mass is 376 g/mol. The Bertz CT molecular complexity index is 532. The molecule has 0 aliphatic rings. The van der Waals surface area contributed by atoms with Gasteiger partial charge in [0.25, 0.3) is 0 Å². The molecular formula is C13H17BrN2O4S. The number of halogens is 1. The molecule has 8 heteroatoms. The number of rotatable bonds is 6. The molecule has 0 aromatic carbocycles. The molecule has 3 amide bonds. The summed E-state index contributed by atoms with van der Waals surface area (Å²) in [6.45, 7) is 2.06. The van der Waals surface area contributed by atoms with E-state index >= 15 is 0 Å². The van der Waals surface area contributed by atoms with Crippen LogP contribution in [-0.4, -0.2) is 35.0 Å². The number of nitrogens with one attached hydrogen (secondary N) is 1. The summed E-state index contributed by atoms with van der Waals surface area (Å²) in [6.07, 6.45) is -0.0862. The molecule has 1 heterocycles. The van der Waals surface area contributed by atoms with Gasteiger partial charge in [0.1, 0.15) is 0 Å². The maximum atomic E-state index is 11.8. The van der Waals surface area contributed by atoms with Crippen LogP contribution in [0, 0.1) is 5.92 Å². The molecular weight excluding hydrogens is 360 g/mol. The first-order valence-electron chi connectivity index (χ1n) is 6.27. The zero-order valence-electron chi connectivity index (χ0n) is 11.8. The summed E-state index contributed by atoms with van der Waals surface area (Å²) in [4.78, 5) is 36.4. The second kappa shape index (κ2) is 8.14. The van der Waals surface area contributed by atoms with Crippen molar-refractivity contribution >= 4 is 45.2 Å². The normalized spacial score (nSPS) is 11.8. The van der Waals surface area contributed by atoms with E-state index in [1.165, 1.54) is 16.2 Å². The van der Waals surface area contributed by atoms with Gasteiger partial charge in [0.15, 0.2) is 0 Å². The van der Waals surface area contributed by atoms with Crippen LogP contribution in [0.25, 0.3) is 0 Å². The molecule has 2 N–H and O–H groups in total. The Kier molecular flexibility index (Phi) is 6.83. The largest absolute Gasteiger partial charge is 0.481 e. The van der Waals surface area contributed by atoms with Crippen LogP contribution in [0.1, 0.15) is 24.6 Å². The summed E-state index contributed by atoms with van der Waals surface area (Å²) in [5, 5.41) is 12.8. The standard InChI is InChI=1S/C13H17BrN2O4S/c1-8(4-12(18)19)3-11(17)15-13(20)16(2)6-10-5-9(14)7-21-10/h5,7-8H,3-4,6H2,1-2H3,(H,18,19)(H,15,17,20). The van der Waals surface area contributed by atoms with Crippen LogP contribution < -0.4 is 5.32 Å². The summed E-state index contributed by atoms with van der Waals surface area (Å²) < 4.78 is 0.954. The van der Waals surface area contributed by atoms with Gasteiger partial charge >= 0.3 is 12.0 Å². The molecule has 0 saturated carbocycles. The highest BCUT2D eigenvalue weighted by molar-refractivity contribution is 9.10. The fourth-order valence-corrected chi connectivity index (χ4v) is 3.20. The minimum Gasteiger partial charge on any atom is -0.481 e. The third-order valence-corrected chi connectivity index (χ3v) is 4.35. The van der Waals surface area contributed by atoms with Crippen LogP contribution in [0.15, 0.2) is 15.9 Å². The predicted molar refractivity (Wildman–Crippen MR) is 83.1 cm³/mol. The minimum atomic E-state index is -0.956. The van der Waals surface area contributed by atoms with Crippen molar-refractivity contribution in [2.45, 2.75) is 26.3 Å². The Morgan fingerprint density at radius 2 is 2.10 bits per heavy atom. The Morgan fingerprint density at radius 1 is 1.43 bits per heavy atom. The van der Waals surface area contributed by atoms with Gasteiger partial charge in [0.2, 0.25) is 5.91 Å². The van der Waals surface area contributed by atoms with Crippen molar-refractivity contribution in [2.75, 3.05) is 7.05 Å². The Balaban J connectivity index is 2.41. The molecule has 116 valence electrons. The van der Waals surface area contributed by atoms with Gasteiger partial charge in [-0.25, -0.2) is 4.79 Å². The number of nitrogens with zero attached hydrogens (tertiary/aromatic N) is 1. The highest BCUT2D eigenvalue weighted by atomic mass is 79.9. The van der Waals surface area contributed by atoms with Crippen molar-refractivity contribution in [3.05, 3.63) is 20.8 Å². The van der Waals surface area contributed by atoms with E-state index in [0.29, 0.717) is 6.54 Å². The molecule has 0 saturated heterocycles. The molecule has 1 rings (SSSR count). The number of hydrogen-bond donors (Lipinski definition) is 2. The molecule has 0 fully saturated rings. The first-order chi connectivity index (χ1) is 9.77. The van der Waals surface area contributed by atoms with Crippen LogP contribution in [0.5, 0.6) is 0 Å². The summed E-state index contributed by atoms with van der Waals surface area (Å²) in [6, 6.07) is 1.41. The number of imide groups is 1. The Hall–Kier alpha value is -1.41. The van der Waals surface area contributed by atoms with Crippen molar-refractivity contribution in [3.8, 4) is 0 Å². The van der Waals surface area contributed by atoms with E-state index < -0.39 is 17.9 Å². The smallest absolute Gasteiger partial charge is 0.324 e. The van der Waals surface area contributed by atoms with Crippen LogP contribution >= 0.6 is 27.3 Å². The highest BCUT2D eigenvalue weighted by Gasteiger charge is 2.17. The van der Waals surface area contributed by atoms with E-state index in [0.717, 1.165) is 9.35 Å². The maximum absolute atomic E-state index is 11.8. The first kappa shape index (κ1) is 17.6. The zero-order valence-corrected chi connectivity index (χ0v) is 14.2. The molecule has 0 radical (unpaired) electrons. The second-order valence-electron chi connectivity index (χ2n) is 4.85. The van der Waals surface area contributed by atoms with Crippen molar-refractivity contribution in [1.29, 1.82) is 0 Å². The molecule has 21 heavy (non-hydrogen) atoms. The summed E-state index contributed by atoms with van der Waals surface area (Å²) in [5.74, 6) is -1.73. The van der Waals surface area contributed by atoms with Crippen molar-refractivity contribution in [3.63, 3.8) is 0 Å². The van der Waals surface area contributed by atoms with E-state index in [1.54, 1.807) is 14.0 Å². The molecule has 0 aliphatic carbocycles. The lowest BCUT2D eigenvalue weighted by Gasteiger charge is -2.17. The second-order valence-corrected chi connectivity index (χ2v) is 6.76. The number of amides is 3. The molecule has 1 unspecified atom stereocenters. The van der Waals surface area contributed by atoms with E-state index in [-0.39, 0.29) is 18.8 Å². The first-order valence-corrected chi connectivity index (χ1v) is 7.95. The fraction of sp³-hybridized carbons (Fsp3) is 0.462. The number of carboxylic acid groups (broad SMARTS) is 1. The van der Waals surface area contributed by atoms with Crippen LogP contribution in [0.2, 0.25) is 0 Å². The SMILES string of the molecule is CC(CC(=O)O)CC(=O)NC(=O)N(C)Cc1cc(Br)cs1. The van der Waals surface area contributed by atoms with E-state index in [4.69, 9.17) is 5.11 Å². The van der Waals surface area contributed by atoms with Gasteiger partial charge in [-0.3, -0.25) is 14.9 Å². The molecule has 1 aromatic rings. The van der Waals surface area contributed by atoms with Crippen LogP contribution in [-0.2, 0) is 16.1 Å². The van der Waals surface area contributed by atoms with Gasteiger partial charge in [0, 0.05) is 34.6 Å². The molecule has 0 spiro atoms. The topological polar surface area (TPSA) is 86.7 Å². The predicted octanol–water partition coefficient (Wildman–Crippen LogP) is 2.68. The highest BCUT2D eigenvalue weighted by Crippen LogP contribution is 2.20. The number of carbonyl (C=O) groups is 3. The van der Waals surface area contributed by atoms with Gasteiger partial charge in [-0.1, -0.05) is 6.92 Å². The Morgan fingerprint density at radius 3 is 2.62 bits per heavy atom. The minimum absolute atomic E-state index is 0.0103. The van der Waals surface area contributed by atoms with Crippen molar-refractivity contribution < 1.29 is 19.5 Å². The lowest BCUT2D eigenvalue weighted by molar-refractivity contribution is -0.138.